The second-order valence-electron chi connectivity index (χ2n) is 3.42. The summed E-state index contributed by atoms with van der Waals surface area (Å²) in [5.74, 6) is 1.75. The number of sulfone groups is 1. The Bertz CT molecular complexity index is 502. The average molecular weight is 265 g/mol. The highest BCUT2D eigenvalue weighted by atomic mass is 35.5. The lowest BCUT2D eigenvalue weighted by atomic mass is 10.3. The molecule has 1 aliphatic rings. The van der Waals surface area contributed by atoms with Crippen LogP contribution >= 0.6 is 23.4 Å². The Morgan fingerprint density at radius 3 is 2.80 bits per heavy atom. The van der Waals surface area contributed by atoms with Crippen LogP contribution in [0, 0.1) is 0 Å². The molecule has 82 valence electrons. The predicted molar refractivity (Wildman–Crippen MR) is 60.6 cm³/mol. The first-order chi connectivity index (χ1) is 6.96. The number of halogens is 1. The lowest BCUT2D eigenvalue weighted by Gasteiger charge is -2.03. The van der Waals surface area contributed by atoms with E-state index in [9.17, 15) is 8.42 Å². The minimum atomic E-state index is -3.10. The Kier molecular flexibility index (Phi) is 2.92. The van der Waals surface area contributed by atoms with Crippen molar-refractivity contribution in [2.45, 2.75) is 17.3 Å². The van der Waals surface area contributed by atoms with Crippen molar-refractivity contribution >= 4 is 33.2 Å². The summed E-state index contributed by atoms with van der Waals surface area (Å²) in [6.45, 7) is 0. The monoisotopic (exact) mass is 264 g/mol. The molecule has 0 fully saturated rings. The Hall–Kier alpha value is -0.330. The summed E-state index contributed by atoms with van der Waals surface area (Å²) < 4.78 is 22.2. The van der Waals surface area contributed by atoms with Crippen LogP contribution in [0.3, 0.4) is 0 Å². The number of aromatic nitrogens is 2. The van der Waals surface area contributed by atoms with E-state index in [1.54, 1.807) is 11.8 Å². The summed E-state index contributed by atoms with van der Waals surface area (Å²) in [6.07, 6.45) is 1.16. The maximum Gasteiger partial charge on any atom is 0.154 e. The number of thioether (sulfide) groups is 1. The van der Waals surface area contributed by atoms with Gasteiger partial charge in [0, 0.05) is 23.3 Å². The van der Waals surface area contributed by atoms with Gasteiger partial charge >= 0.3 is 0 Å². The third kappa shape index (κ3) is 2.62. The van der Waals surface area contributed by atoms with E-state index in [0.29, 0.717) is 11.0 Å². The third-order valence-electron chi connectivity index (χ3n) is 1.97. The zero-order chi connectivity index (χ0) is 11.1. The lowest BCUT2D eigenvalue weighted by molar-refractivity contribution is 0.599. The van der Waals surface area contributed by atoms with Crippen LogP contribution in [0.1, 0.15) is 17.1 Å². The predicted octanol–water partition coefficient (Wildman–Crippen LogP) is 1.42. The van der Waals surface area contributed by atoms with Crippen molar-refractivity contribution < 1.29 is 8.42 Å². The van der Waals surface area contributed by atoms with Gasteiger partial charge in [-0.1, -0.05) is 11.6 Å². The van der Waals surface area contributed by atoms with E-state index in [1.807, 2.05) is 0 Å². The summed E-state index contributed by atoms with van der Waals surface area (Å²) in [5, 5.41) is 0.392. The van der Waals surface area contributed by atoms with Gasteiger partial charge in [-0.25, -0.2) is 18.4 Å². The summed E-state index contributed by atoms with van der Waals surface area (Å²) in [6, 6.07) is 0. The minimum Gasteiger partial charge on any atom is -0.236 e. The second kappa shape index (κ2) is 3.92. The molecule has 2 heterocycles. The molecular weight excluding hydrogens is 256 g/mol. The zero-order valence-electron chi connectivity index (χ0n) is 8.03. The van der Waals surface area contributed by atoms with Crippen molar-refractivity contribution in [2.24, 2.45) is 0 Å². The molecule has 0 atom stereocenters. The van der Waals surface area contributed by atoms with Crippen molar-refractivity contribution in [1.29, 1.82) is 0 Å². The van der Waals surface area contributed by atoms with E-state index in [4.69, 9.17) is 11.6 Å². The van der Waals surface area contributed by atoms with Crippen LogP contribution in [-0.2, 0) is 27.1 Å². The standard InChI is InChI=1S/C8H9ClN2O2S2/c1-15(12,13)4-7-10-6-3-14-2-5(6)8(9)11-7/h2-4H2,1H3. The molecule has 0 aromatic carbocycles. The zero-order valence-corrected chi connectivity index (χ0v) is 10.4. The van der Waals surface area contributed by atoms with Crippen molar-refractivity contribution in [3.63, 3.8) is 0 Å². The van der Waals surface area contributed by atoms with E-state index in [-0.39, 0.29) is 5.75 Å². The molecule has 1 aliphatic heterocycles. The minimum absolute atomic E-state index is 0.148. The largest absolute Gasteiger partial charge is 0.236 e. The number of rotatable bonds is 2. The van der Waals surface area contributed by atoms with Gasteiger partial charge in [-0.15, -0.1) is 0 Å². The number of nitrogens with zero attached hydrogens (tertiary/aromatic N) is 2. The maximum absolute atomic E-state index is 11.1. The van der Waals surface area contributed by atoms with Crippen molar-refractivity contribution in [2.75, 3.05) is 6.26 Å². The Balaban J connectivity index is 2.40. The van der Waals surface area contributed by atoms with Gasteiger partial charge in [0.1, 0.15) is 16.7 Å². The summed E-state index contributed by atoms with van der Waals surface area (Å²) >= 11 is 7.65. The molecule has 0 radical (unpaired) electrons. The number of hydrogen-bond acceptors (Lipinski definition) is 5. The molecule has 0 amide bonds. The molecule has 0 aliphatic carbocycles. The first kappa shape index (κ1) is 11.2. The molecule has 1 aromatic heterocycles. The highest BCUT2D eigenvalue weighted by Crippen LogP contribution is 2.32. The summed E-state index contributed by atoms with van der Waals surface area (Å²) in [7, 11) is -3.10. The fourth-order valence-electron chi connectivity index (χ4n) is 1.36. The molecule has 0 saturated carbocycles. The van der Waals surface area contributed by atoms with Crippen LogP contribution in [0.2, 0.25) is 5.15 Å². The third-order valence-corrected chi connectivity index (χ3v) is 4.03. The van der Waals surface area contributed by atoms with Gasteiger partial charge < -0.3 is 0 Å². The van der Waals surface area contributed by atoms with Crippen LogP contribution in [0.15, 0.2) is 0 Å². The van der Waals surface area contributed by atoms with Gasteiger partial charge in [0.25, 0.3) is 0 Å². The normalized spacial score (nSPS) is 15.3. The molecule has 2 rings (SSSR count). The van der Waals surface area contributed by atoms with Crippen LogP contribution < -0.4 is 0 Å². The SMILES string of the molecule is CS(=O)(=O)Cc1nc(Cl)c2c(n1)CSC2. The number of fused-ring (bicyclic) bond motifs is 1. The van der Waals surface area contributed by atoms with E-state index >= 15 is 0 Å². The van der Waals surface area contributed by atoms with E-state index in [0.717, 1.165) is 29.0 Å². The molecule has 7 heteroatoms. The van der Waals surface area contributed by atoms with E-state index in [2.05, 4.69) is 9.97 Å². The van der Waals surface area contributed by atoms with Crippen LogP contribution in [0.4, 0.5) is 0 Å². The smallest absolute Gasteiger partial charge is 0.154 e. The van der Waals surface area contributed by atoms with Gasteiger partial charge in [-0.05, 0) is 0 Å². The van der Waals surface area contributed by atoms with Gasteiger partial charge in [0.05, 0.1) is 5.69 Å². The highest BCUT2D eigenvalue weighted by molar-refractivity contribution is 7.98. The fourth-order valence-corrected chi connectivity index (χ4v) is 3.35. The molecule has 0 saturated heterocycles. The molecule has 15 heavy (non-hydrogen) atoms. The quantitative estimate of drug-likeness (QED) is 0.756. The van der Waals surface area contributed by atoms with E-state index < -0.39 is 9.84 Å². The van der Waals surface area contributed by atoms with Crippen LogP contribution in [0.25, 0.3) is 0 Å². The average Bonchev–Trinajstić information content (AvgIpc) is 2.48. The molecular formula is C8H9ClN2O2S2. The van der Waals surface area contributed by atoms with Gasteiger partial charge in [0.2, 0.25) is 0 Å². The first-order valence-corrected chi connectivity index (χ1v) is 7.84. The lowest BCUT2D eigenvalue weighted by Crippen LogP contribution is -2.07. The second-order valence-corrected chi connectivity index (χ2v) is 6.90. The van der Waals surface area contributed by atoms with Gasteiger partial charge in [-0.3, -0.25) is 0 Å². The van der Waals surface area contributed by atoms with Crippen LogP contribution in [0.5, 0.6) is 0 Å². The molecule has 4 nitrogen and oxygen atoms in total. The Morgan fingerprint density at radius 1 is 1.40 bits per heavy atom. The van der Waals surface area contributed by atoms with E-state index in [1.165, 1.54) is 0 Å². The van der Waals surface area contributed by atoms with Crippen molar-refractivity contribution in [3.05, 3.63) is 22.2 Å². The van der Waals surface area contributed by atoms with Gasteiger partial charge in [0.15, 0.2) is 9.84 Å². The number of hydrogen-bond donors (Lipinski definition) is 0. The first-order valence-electron chi connectivity index (χ1n) is 4.25. The Morgan fingerprint density at radius 2 is 2.13 bits per heavy atom. The maximum atomic E-state index is 11.1. The summed E-state index contributed by atoms with van der Waals surface area (Å²) in [5.41, 5.74) is 1.82. The van der Waals surface area contributed by atoms with Crippen molar-refractivity contribution in [3.8, 4) is 0 Å². The topological polar surface area (TPSA) is 59.9 Å². The molecule has 0 spiro atoms. The fraction of sp³-hybridized carbons (Fsp3) is 0.500. The molecule has 0 N–H and O–H groups in total. The van der Waals surface area contributed by atoms with Crippen molar-refractivity contribution in [1.82, 2.24) is 9.97 Å². The highest BCUT2D eigenvalue weighted by Gasteiger charge is 2.19. The Labute approximate surface area is 97.4 Å². The van der Waals surface area contributed by atoms with Crippen LogP contribution in [-0.4, -0.2) is 24.6 Å². The summed E-state index contributed by atoms with van der Waals surface area (Å²) in [4.78, 5) is 8.20. The molecule has 0 unspecified atom stereocenters. The molecule has 1 aromatic rings. The van der Waals surface area contributed by atoms with Gasteiger partial charge in [-0.2, -0.15) is 11.8 Å². The molecule has 0 bridgehead atoms.